The van der Waals surface area contributed by atoms with E-state index >= 15 is 0 Å². The summed E-state index contributed by atoms with van der Waals surface area (Å²) < 4.78 is 0. The van der Waals surface area contributed by atoms with E-state index in [0.717, 1.165) is 12.0 Å². The number of nitrogens with zero attached hydrogens (tertiary/aromatic N) is 1. The SMILES string of the molecule is C=C(NC#N)/C(C)=C/c1cc(CC)ccc1C. The Kier molecular flexibility index (Phi) is 4.54. The maximum absolute atomic E-state index is 8.54. The van der Waals surface area contributed by atoms with Gasteiger partial charge in [-0.3, -0.25) is 5.32 Å². The molecule has 2 heteroatoms. The van der Waals surface area contributed by atoms with Crippen molar-refractivity contribution in [3.63, 3.8) is 0 Å². The average Bonchev–Trinajstić information content (AvgIpc) is 2.32. The van der Waals surface area contributed by atoms with E-state index in [1.807, 2.05) is 13.1 Å². The summed E-state index contributed by atoms with van der Waals surface area (Å²) in [5, 5.41) is 11.1. The Morgan fingerprint density at radius 3 is 2.82 bits per heavy atom. The molecule has 0 radical (unpaired) electrons. The standard InChI is InChI=1S/C15H18N2/c1-5-14-7-6-11(2)15(9-14)8-12(3)13(4)17-10-16/h6-9,17H,4-5H2,1-3H3/b12-8+. The van der Waals surface area contributed by atoms with Crippen LogP contribution in [0.2, 0.25) is 0 Å². The van der Waals surface area contributed by atoms with Gasteiger partial charge < -0.3 is 0 Å². The van der Waals surface area contributed by atoms with Crippen LogP contribution in [0.25, 0.3) is 6.08 Å². The van der Waals surface area contributed by atoms with Crippen molar-refractivity contribution in [2.45, 2.75) is 27.2 Å². The monoisotopic (exact) mass is 226 g/mol. The van der Waals surface area contributed by atoms with Gasteiger partial charge in [0.25, 0.3) is 0 Å². The topological polar surface area (TPSA) is 35.8 Å². The molecule has 0 bridgehead atoms. The third-order valence-corrected chi connectivity index (χ3v) is 2.81. The van der Waals surface area contributed by atoms with Crippen LogP contribution in [0.5, 0.6) is 0 Å². The Bertz CT molecular complexity index is 490. The van der Waals surface area contributed by atoms with E-state index in [0.29, 0.717) is 5.70 Å². The van der Waals surface area contributed by atoms with E-state index in [-0.39, 0.29) is 0 Å². The quantitative estimate of drug-likeness (QED) is 0.484. The van der Waals surface area contributed by atoms with Crippen molar-refractivity contribution in [2.24, 2.45) is 0 Å². The van der Waals surface area contributed by atoms with E-state index in [4.69, 9.17) is 5.26 Å². The predicted octanol–water partition coefficient (Wildman–Crippen LogP) is 3.55. The summed E-state index contributed by atoms with van der Waals surface area (Å²) in [6, 6.07) is 6.45. The minimum absolute atomic E-state index is 0.647. The summed E-state index contributed by atoms with van der Waals surface area (Å²) in [5.41, 5.74) is 5.35. The number of benzene rings is 1. The molecule has 0 aromatic heterocycles. The lowest BCUT2D eigenvalue weighted by molar-refractivity contribution is 1.09. The fourth-order valence-corrected chi connectivity index (χ4v) is 1.55. The lowest BCUT2D eigenvalue weighted by atomic mass is 10.0. The molecule has 1 aromatic carbocycles. The molecule has 0 saturated heterocycles. The summed E-state index contributed by atoms with van der Waals surface area (Å²) >= 11 is 0. The van der Waals surface area contributed by atoms with Gasteiger partial charge >= 0.3 is 0 Å². The zero-order valence-electron chi connectivity index (χ0n) is 10.7. The number of hydrogen-bond acceptors (Lipinski definition) is 2. The molecule has 0 atom stereocenters. The predicted molar refractivity (Wildman–Crippen MR) is 72.1 cm³/mol. The smallest absolute Gasteiger partial charge is 0.181 e. The largest absolute Gasteiger partial charge is 0.293 e. The van der Waals surface area contributed by atoms with Crippen LogP contribution in [0.15, 0.2) is 36.0 Å². The molecule has 17 heavy (non-hydrogen) atoms. The molecule has 0 heterocycles. The van der Waals surface area contributed by atoms with Crippen LogP contribution in [0.4, 0.5) is 0 Å². The van der Waals surface area contributed by atoms with Gasteiger partial charge in [0.2, 0.25) is 0 Å². The molecular weight excluding hydrogens is 208 g/mol. The lowest BCUT2D eigenvalue weighted by Gasteiger charge is -2.07. The van der Waals surface area contributed by atoms with Gasteiger partial charge in [-0.25, -0.2) is 0 Å². The van der Waals surface area contributed by atoms with Gasteiger partial charge in [0.1, 0.15) is 0 Å². The van der Waals surface area contributed by atoms with Crippen molar-refractivity contribution in [3.05, 3.63) is 52.7 Å². The molecule has 1 aromatic rings. The van der Waals surface area contributed by atoms with Gasteiger partial charge in [0.15, 0.2) is 6.19 Å². The highest BCUT2D eigenvalue weighted by atomic mass is 14.9. The fourth-order valence-electron chi connectivity index (χ4n) is 1.55. The van der Waals surface area contributed by atoms with E-state index in [1.54, 1.807) is 0 Å². The highest BCUT2D eigenvalue weighted by Crippen LogP contribution is 2.17. The van der Waals surface area contributed by atoms with Crippen molar-refractivity contribution < 1.29 is 0 Å². The Labute approximate surface area is 103 Å². The molecule has 0 unspecified atom stereocenters. The summed E-state index contributed by atoms with van der Waals surface area (Å²) in [4.78, 5) is 0. The molecule has 1 rings (SSSR count). The first kappa shape index (κ1) is 13.1. The molecule has 88 valence electrons. The van der Waals surface area contributed by atoms with Crippen LogP contribution in [-0.2, 0) is 6.42 Å². The van der Waals surface area contributed by atoms with Crippen molar-refractivity contribution in [1.82, 2.24) is 5.32 Å². The highest BCUT2D eigenvalue weighted by Gasteiger charge is 2.00. The average molecular weight is 226 g/mol. The molecule has 0 aliphatic rings. The van der Waals surface area contributed by atoms with Gasteiger partial charge in [0, 0.05) is 5.70 Å². The van der Waals surface area contributed by atoms with Crippen LogP contribution in [-0.4, -0.2) is 0 Å². The minimum atomic E-state index is 0.647. The first-order valence-corrected chi connectivity index (χ1v) is 5.70. The molecule has 1 N–H and O–H groups in total. The maximum Gasteiger partial charge on any atom is 0.181 e. The summed E-state index contributed by atoms with van der Waals surface area (Å²) in [7, 11) is 0. The summed E-state index contributed by atoms with van der Waals surface area (Å²) in [5.74, 6) is 0. The number of aryl methyl sites for hydroxylation is 2. The normalized spacial score (nSPS) is 10.8. The Hall–Kier alpha value is -2.01. The minimum Gasteiger partial charge on any atom is -0.293 e. The molecule has 0 aliphatic heterocycles. The zero-order chi connectivity index (χ0) is 12.8. The van der Waals surface area contributed by atoms with E-state index < -0.39 is 0 Å². The van der Waals surface area contributed by atoms with Gasteiger partial charge in [-0.05, 0) is 48.6 Å². The van der Waals surface area contributed by atoms with Gasteiger partial charge in [-0.2, -0.15) is 5.26 Å². The van der Waals surface area contributed by atoms with E-state index in [1.165, 1.54) is 16.7 Å². The number of hydrogen-bond donors (Lipinski definition) is 1. The number of nitriles is 1. The van der Waals surface area contributed by atoms with Gasteiger partial charge in [0.05, 0.1) is 0 Å². The molecule has 0 amide bonds. The van der Waals surface area contributed by atoms with Crippen LogP contribution in [0, 0.1) is 18.4 Å². The second kappa shape index (κ2) is 5.91. The van der Waals surface area contributed by atoms with Crippen molar-refractivity contribution >= 4 is 6.08 Å². The second-order valence-electron chi connectivity index (χ2n) is 4.09. The summed E-state index contributed by atoms with van der Waals surface area (Å²) in [6.45, 7) is 9.98. The van der Waals surface area contributed by atoms with Gasteiger partial charge in [-0.1, -0.05) is 31.7 Å². The molecule has 0 spiro atoms. The number of allylic oxidation sites excluding steroid dienone is 1. The first-order valence-electron chi connectivity index (χ1n) is 5.70. The Balaban J connectivity index is 3.05. The maximum atomic E-state index is 8.54. The van der Waals surface area contributed by atoms with Crippen molar-refractivity contribution in [2.75, 3.05) is 0 Å². The fraction of sp³-hybridized carbons (Fsp3) is 0.267. The molecule has 0 aliphatic carbocycles. The van der Waals surface area contributed by atoms with Crippen LogP contribution < -0.4 is 5.32 Å². The Morgan fingerprint density at radius 2 is 2.24 bits per heavy atom. The lowest BCUT2D eigenvalue weighted by Crippen LogP contribution is -2.04. The first-order chi connectivity index (χ1) is 8.08. The van der Waals surface area contributed by atoms with Crippen LogP contribution in [0.3, 0.4) is 0 Å². The number of rotatable bonds is 4. The van der Waals surface area contributed by atoms with Crippen molar-refractivity contribution in [3.8, 4) is 6.19 Å². The Morgan fingerprint density at radius 1 is 1.53 bits per heavy atom. The van der Waals surface area contributed by atoms with Gasteiger partial charge in [-0.15, -0.1) is 0 Å². The number of nitrogens with one attached hydrogen (secondary N) is 1. The summed E-state index contributed by atoms with van der Waals surface area (Å²) in [6.07, 6.45) is 4.96. The second-order valence-corrected chi connectivity index (χ2v) is 4.09. The molecular formula is C15H18N2. The molecule has 0 fully saturated rings. The molecule has 0 saturated carbocycles. The molecule has 2 nitrogen and oxygen atoms in total. The third-order valence-electron chi connectivity index (χ3n) is 2.81. The zero-order valence-corrected chi connectivity index (χ0v) is 10.7. The van der Waals surface area contributed by atoms with E-state index in [2.05, 4.69) is 50.0 Å². The van der Waals surface area contributed by atoms with Crippen molar-refractivity contribution in [1.29, 1.82) is 5.26 Å². The highest BCUT2D eigenvalue weighted by molar-refractivity contribution is 5.60. The van der Waals surface area contributed by atoms with Crippen LogP contribution >= 0.6 is 0 Å². The van der Waals surface area contributed by atoms with E-state index in [9.17, 15) is 0 Å². The third kappa shape index (κ3) is 3.49. The van der Waals surface area contributed by atoms with Crippen LogP contribution in [0.1, 0.15) is 30.5 Å².